The van der Waals surface area contributed by atoms with E-state index in [2.05, 4.69) is 33.0 Å². The van der Waals surface area contributed by atoms with E-state index >= 15 is 0 Å². The molecule has 0 saturated carbocycles. The zero-order valence-electron chi connectivity index (χ0n) is 9.80. The first-order valence-electron chi connectivity index (χ1n) is 5.48. The molecule has 3 heteroatoms. The molecule has 0 bridgehead atoms. The van der Waals surface area contributed by atoms with Crippen molar-refractivity contribution >= 4 is 11.8 Å². The van der Waals surface area contributed by atoms with E-state index in [9.17, 15) is 0 Å². The van der Waals surface area contributed by atoms with Crippen molar-refractivity contribution in [3.05, 3.63) is 0 Å². The Morgan fingerprint density at radius 3 is 2.64 bits per heavy atom. The van der Waals surface area contributed by atoms with Gasteiger partial charge in [0.1, 0.15) is 0 Å². The van der Waals surface area contributed by atoms with E-state index in [1.54, 1.807) is 0 Å². The molecule has 0 amide bonds. The topological polar surface area (TPSA) is 21.3 Å². The van der Waals surface area contributed by atoms with Gasteiger partial charge in [0, 0.05) is 29.7 Å². The first-order valence-corrected chi connectivity index (χ1v) is 6.46. The second-order valence-corrected chi connectivity index (χ2v) is 6.81. The molecule has 1 saturated heterocycles. The third-order valence-corrected chi connectivity index (χ3v) is 3.69. The van der Waals surface area contributed by atoms with Crippen molar-refractivity contribution in [2.24, 2.45) is 0 Å². The number of hydrogen-bond acceptors (Lipinski definition) is 3. The standard InChI is InChI=1S/C11H23NOS/c1-9-10(5-7-13-9)12-6-8-14-11(2,3)4/h9-10,12H,5-8H2,1-4H3/t9-,10+/m0/s1. The summed E-state index contributed by atoms with van der Waals surface area (Å²) >= 11 is 2.01. The molecule has 0 spiro atoms. The van der Waals surface area contributed by atoms with Gasteiger partial charge >= 0.3 is 0 Å². The maximum absolute atomic E-state index is 5.49. The lowest BCUT2D eigenvalue weighted by Crippen LogP contribution is -2.36. The molecule has 1 N–H and O–H groups in total. The molecule has 0 unspecified atom stereocenters. The lowest BCUT2D eigenvalue weighted by Gasteiger charge is -2.20. The molecule has 1 aliphatic heterocycles. The Morgan fingerprint density at radius 1 is 1.43 bits per heavy atom. The molecule has 0 aromatic rings. The Balaban J connectivity index is 2.04. The van der Waals surface area contributed by atoms with Gasteiger partial charge in [-0.3, -0.25) is 0 Å². The van der Waals surface area contributed by atoms with Gasteiger partial charge in [-0.1, -0.05) is 20.8 Å². The van der Waals surface area contributed by atoms with Gasteiger partial charge in [-0.15, -0.1) is 0 Å². The second kappa shape index (κ2) is 5.38. The second-order valence-electron chi connectivity index (χ2n) is 4.89. The zero-order valence-corrected chi connectivity index (χ0v) is 10.6. The molecule has 1 fully saturated rings. The number of rotatable bonds is 4. The van der Waals surface area contributed by atoms with Gasteiger partial charge in [-0.05, 0) is 13.3 Å². The van der Waals surface area contributed by atoms with Crippen LogP contribution in [0.5, 0.6) is 0 Å². The van der Waals surface area contributed by atoms with Crippen LogP contribution in [0.15, 0.2) is 0 Å². The molecule has 2 atom stereocenters. The predicted molar refractivity (Wildman–Crippen MR) is 64.0 cm³/mol. The van der Waals surface area contributed by atoms with Crippen LogP contribution in [0.2, 0.25) is 0 Å². The molecule has 14 heavy (non-hydrogen) atoms. The van der Waals surface area contributed by atoms with Crippen LogP contribution in [0.1, 0.15) is 34.1 Å². The summed E-state index contributed by atoms with van der Waals surface area (Å²) in [5.74, 6) is 1.19. The molecule has 1 heterocycles. The van der Waals surface area contributed by atoms with Gasteiger partial charge in [0.25, 0.3) is 0 Å². The zero-order chi connectivity index (χ0) is 10.6. The molecule has 0 aliphatic carbocycles. The summed E-state index contributed by atoms with van der Waals surface area (Å²) in [5.41, 5.74) is 0. The minimum absolute atomic E-state index is 0.388. The lowest BCUT2D eigenvalue weighted by molar-refractivity contribution is 0.113. The van der Waals surface area contributed by atoms with E-state index in [0.29, 0.717) is 16.9 Å². The number of ether oxygens (including phenoxy) is 1. The van der Waals surface area contributed by atoms with Crippen molar-refractivity contribution in [1.29, 1.82) is 0 Å². The van der Waals surface area contributed by atoms with Gasteiger partial charge in [-0.2, -0.15) is 11.8 Å². The molecule has 1 aliphatic rings. The minimum Gasteiger partial charge on any atom is -0.377 e. The SMILES string of the molecule is C[C@@H]1OCC[C@H]1NCCSC(C)(C)C. The van der Waals surface area contributed by atoms with E-state index in [0.717, 1.165) is 13.2 Å². The number of nitrogens with one attached hydrogen (secondary N) is 1. The summed E-state index contributed by atoms with van der Waals surface area (Å²) in [6, 6.07) is 0.579. The van der Waals surface area contributed by atoms with Gasteiger partial charge in [0.2, 0.25) is 0 Å². The highest BCUT2D eigenvalue weighted by Gasteiger charge is 2.23. The van der Waals surface area contributed by atoms with Crippen molar-refractivity contribution in [1.82, 2.24) is 5.32 Å². The van der Waals surface area contributed by atoms with Crippen LogP contribution >= 0.6 is 11.8 Å². The van der Waals surface area contributed by atoms with Crippen LogP contribution in [0.3, 0.4) is 0 Å². The smallest absolute Gasteiger partial charge is 0.0700 e. The first kappa shape index (κ1) is 12.3. The average molecular weight is 217 g/mol. The molecular weight excluding hydrogens is 194 g/mol. The van der Waals surface area contributed by atoms with Crippen LogP contribution in [0, 0.1) is 0 Å². The summed E-state index contributed by atoms with van der Waals surface area (Å²) in [4.78, 5) is 0. The highest BCUT2D eigenvalue weighted by Crippen LogP contribution is 2.22. The Morgan fingerprint density at radius 2 is 2.14 bits per heavy atom. The first-order chi connectivity index (χ1) is 6.49. The molecule has 84 valence electrons. The quantitative estimate of drug-likeness (QED) is 0.730. The van der Waals surface area contributed by atoms with Crippen LogP contribution in [0.4, 0.5) is 0 Å². The van der Waals surface area contributed by atoms with Crippen LogP contribution in [0.25, 0.3) is 0 Å². The summed E-state index contributed by atoms with van der Waals surface area (Å²) in [5, 5.41) is 3.56. The van der Waals surface area contributed by atoms with Gasteiger partial charge < -0.3 is 10.1 Å². The summed E-state index contributed by atoms with van der Waals surface area (Å²) in [6.45, 7) is 11.0. The summed E-state index contributed by atoms with van der Waals surface area (Å²) in [7, 11) is 0. The number of thioether (sulfide) groups is 1. The molecule has 0 aromatic heterocycles. The van der Waals surface area contributed by atoms with Crippen LogP contribution in [-0.2, 0) is 4.74 Å². The van der Waals surface area contributed by atoms with Gasteiger partial charge in [0.15, 0.2) is 0 Å². The van der Waals surface area contributed by atoms with Gasteiger partial charge in [0.05, 0.1) is 6.10 Å². The number of hydrogen-bond donors (Lipinski definition) is 1. The molecule has 1 rings (SSSR count). The van der Waals surface area contributed by atoms with Crippen LogP contribution < -0.4 is 5.32 Å². The van der Waals surface area contributed by atoms with Gasteiger partial charge in [-0.25, -0.2) is 0 Å². The lowest BCUT2D eigenvalue weighted by atomic mass is 10.2. The fourth-order valence-electron chi connectivity index (χ4n) is 1.60. The maximum Gasteiger partial charge on any atom is 0.0700 e. The van der Waals surface area contributed by atoms with Crippen molar-refractivity contribution < 1.29 is 4.74 Å². The fourth-order valence-corrected chi connectivity index (χ4v) is 2.43. The van der Waals surface area contributed by atoms with E-state index in [1.807, 2.05) is 11.8 Å². The van der Waals surface area contributed by atoms with Crippen molar-refractivity contribution in [3.63, 3.8) is 0 Å². The van der Waals surface area contributed by atoms with Crippen LogP contribution in [-0.4, -0.2) is 35.8 Å². The van der Waals surface area contributed by atoms with E-state index in [1.165, 1.54) is 12.2 Å². The average Bonchev–Trinajstić information content (AvgIpc) is 2.44. The largest absolute Gasteiger partial charge is 0.377 e. The maximum atomic E-state index is 5.49. The fraction of sp³-hybridized carbons (Fsp3) is 1.00. The molecule has 0 radical (unpaired) electrons. The Labute approximate surface area is 92.2 Å². The third-order valence-electron chi connectivity index (χ3n) is 2.42. The molecule has 0 aromatic carbocycles. The normalized spacial score (nSPS) is 28.3. The summed E-state index contributed by atoms with van der Waals surface area (Å²) < 4.78 is 5.88. The minimum atomic E-state index is 0.388. The Bertz CT molecular complexity index is 167. The van der Waals surface area contributed by atoms with Crippen molar-refractivity contribution in [2.75, 3.05) is 18.9 Å². The highest BCUT2D eigenvalue weighted by molar-refractivity contribution is 8.00. The molecular formula is C11H23NOS. The van der Waals surface area contributed by atoms with Crippen molar-refractivity contribution in [2.45, 2.75) is 51.0 Å². The van der Waals surface area contributed by atoms with Crippen molar-refractivity contribution in [3.8, 4) is 0 Å². The van der Waals surface area contributed by atoms with E-state index in [4.69, 9.17) is 4.74 Å². The Hall–Kier alpha value is 0.270. The Kier molecular flexibility index (Phi) is 4.74. The third kappa shape index (κ3) is 4.67. The summed E-state index contributed by atoms with van der Waals surface area (Å²) in [6.07, 6.45) is 1.57. The predicted octanol–water partition coefficient (Wildman–Crippen LogP) is 2.29. The van der Waals surface area contributed by atoms with E-state index < -0.39 is 0 Å². The monoisotopic (exact) mass is 217 g/mol. The molecule has 2 nitrogen and oxygen atoms in total. The highest BCUT2D eigenvalue weighted by atomic mass is 32.2. The van der Waals surface area contributed by atoms with E-state index in [-0.39, 0.29) is 0 Å².